The van der Waals surface area contributed by atoms with Crippen molar-refractivity contribution in [3.05, 3.63) is 32.8 Å². The van der Waals surface area contributed by atoms with E-state index in [4.69, 9.17) is 34.8 Å². The summed E-state index contributed by atoms with van der Waals surface area (Å²) in [5.74, 6) is 0. The smallest absolute Gasteiger partial charge is 0.0652 e. The van der Waals surface area contributed by atoms with Gasteiger partial charge in [0.25, 0.3) is 0 Å². The third kappa shape index (κ3) is 2.72. The van der Waals surface area contributed by atoms with Crippen LogP contribution in [0, 0.1) is 0 Å². The van der Waals surface area contributed by atoms with Crippen molar-refractivity contribution < 1.29 is 5.11 Å². The minimum Gasteiger partial charge on any atom is -0.394 e. The molecular formula is C12H14Cl3NO. The van der Waals surface area contributed by atoms with Crippen LogP contribution < -0.4 is 5.32 Å². The maximum Gasteiger partial charge on any atom is 0.0652 e. The molecule has 94 valence electrons. The molecule has 0 bridgehead atoms. The topological polar surface area (TPSA) is 32.3 Å². The van der Waals surface area contributed by atoms with Crippen LogP contribution in [-0.4, -0.2) is 17.3 Å². The minimum atomic E-state index is -0.158. The molecule has 5 heteroatoms. The summed E-state index contributed by atoms with van der Waals surface area (Å²) in [5, 5.41) is 14.3. The molecule has 1 saturated carbocycles. The zero-order chi connectivity index (χ0) is 12.5. The van der Waals surface area contributed by atoms with E-state index in [1.165, 1.54) is 0 Å². The number of benzene rings is 1. The summed E-state index contributed by atoms with van der Waals surface area (Å²) in [7, 11) is 0. The number of hydrogen-bond donors (Lipinski definition) is 2. The number of aliphatic hydroxyl groups excluding tert-OH is 1. The first-order chi connectivity index (χ1) is 8.08. The molecule has 2 rings (SSSR count). The predicted octanol–water partition coefficient (Wildman–Crippen LogP) is 3.65. The summed E-state index contributed by atoms with van der Waals surface area (Å²) in [5.41, 5.74) is 0.634. The standard InChI is InChI=1S/C12H14Cl3NO/c13-9-2-3-10(14)11(15)8(9)6-16-12(7-17)4-1-5-12/h2-3,16-17H,1,4-7H2. The van der Waals surface area contributed by atoms with E-state index in [1.807, 2.05) is 0 Å². The van der Waals surface area contributed by atoms with E-state index in [2.05, 4.69) is 5.32 Å². The fraction of sp³-hybridized carbons (Fsp3) is 0.500. The average molecular weight is 295 g/mol. The highest BCUT2D eigenvalue weighted by atomic mass is 35.5. The Morgan fingerprint density at radius 3 is 2.35 bits per heavy atom. The van der Waals surface area contributed by atoms with Crippen LogP contribution >= 0.6 is 34.8 Å². The molecule has 0 atom stereocenters. The summed E-state index contributed by atoms with van der Waals surface area (Å²) in [6, 6.07) is 3.42. The highest BCUT2D eigenvalue weighted by molar-refractivity contribution is 6.44. The molecule has 17 heavy (non-hydrogen) atoms. The van der Waals surface area contributed by atoms with Gasteiger partial charge in [-0.25, -0.2) is 0 Å². The van der Waals surface area contributed by atoms with Crippen molar-refractivity contribution in [1.82, 2.24) is 5.32 Å². The molecular weight excluding hydrogens is 280 g/mol. The van der Waals surface area contributed by atoms with Gasteiger partial charge in [0, 0.05) is 22.7 Å². The fourth-order valence-corrected chi connectivity index (χ4v) is 2.68. The molecule has 0 saturated heterocycles. The lowest BCUT2D eigenvalue weighted by Gasteiger charge is -2.41. The highest BCUT2D eigenvalue weighted by Gasteiger charge is 2.35. The van der Waals surface area contributed by atoms with Crippen molar-refractivity contribution in [2.75, 3.05) is 6.61 Å². The molecule has 0 radical (unpaired) electrons. The third-order valence-electron chi connectivity index (χ3n) is 3.39. The van der Waals surface area contributed by atoms with Gasteiger partial charge in [0.05, 0.1) is 16.7 Å². The Bertz CT molecular complexity index is 413. The van der Waals surface area contributed by atoms with E-state index < -0.39 is 0 Å². The first kappa shape index (κ1) is 13.4. The van der Waals surface area contributed by atoms with E-state index in [0.29, 0.717) is 21.6 Å². The molecule has 1 fully saturated rings. The molecule has 0 unspecified atom stereocenters. The molecule has 1 aliphatic carbocycles. The van der Waals surface area contributed by atoms with Crippen LogP contribution in [0.3, 0.4) is 0 Å². The average Bonchev–Trinajstić information content (AvgIpc) is 2.27. The normalized spacial score (nSPS) is 17.9. The zero-order valence-corrected chi connectivity index (χ0v) is 11.5. The van der Waals surface area contributed by atoms with Crippen molar-refractivity contribution in [3.8, 4) is 0 Å². The van der Waals surface area contributed by atoms with E-state index in [0.717, 1.165) is 24.8 Å². The zero-order valence-electron chi connectivity index (χ0n) is 9.27. The van der Waals surface area contributed by atoms with Crippen LogP contribution in [0.5, 0.6) is 0 Å². The lowest BCUT2D eigenvalue weighted by molar-refractivity contribution is 0.0872. The van der Waals surface area contributed by atoms with Crippen molar-refractivity contribution in [3.63, 3.8) is 0 Å². The summed E-state index contributed by atoms with van der Waals surface area (Å²) in [6.45, 7) is 0.668. The highest BCUT2D eigenvalue weighted by Crippen LogP contribution is 2.34. The molecule has 0 heterocycles. The molecule has 1 aliphatic rings. The molecule has 2 N–H and O–H groups in total. The molecule has 2 nitrogen and oxygen atoms in total. The summed E-state index contributed by atoms with van der Waals surface area (Å²) >= 11 is 18.2. The summed E-state index contributed by atoms with van der Waals surface area (Å²) < 4.78 is 0. The van der Waals surface area contributed by atoms with Crippen LogP contribution in [0.1, 0.15) is 24.8 Å². The number of hydrogen-bond acceptors (Lipinski definition) is 2. The number of nitrogens with one attached hydrogen (secondary N) is 1. The fourth-order valence-electron chi connectivity index (χ4n) is 2.00. The maximum absolute atomic E-state index is 9.35. The largest absolute Gasteiger partial charge is 0.394 e. The monoisotopic (exact) mass is 293 g/mol. The van der Waals surface area contributed by atoms with Crippen LogP contribution in [-0.2, 0) is 6.54 Å². The first-order valence-corrected chi connectivity index (χ1v) is 6.70. The third-order valence-corrected chi connectivity index (χ3v) is 4.59. The van der Waals surface area contributed by atoms with Crippen molar-refractivity contribution in [2.45, 2.75) is 31.3 Å². The van der Waals surface area contributed by atoms with Gasteiger partial charge in [-0.05, 0) is 31.4 Å². The molecule has 0 aromatic heterocycles. The van der Waals surface area contributed by atoms with Gasteiger partial charge in [0.1, 0.15) is 0 Å². The van der Waals surface area contributed by atoms with E-state index in [9.17, 15) is 5.11 Å². The maximum atomic E-state index is 9.35. The van der Waals surface area contributed by atoms with E-state index >= 15 is 0 Å². The van der Waals surface area contributed by atoms with Gasteiger partial charge in [-0.3, -0.25) is 0 Å². The molecule has 0 aliphatic heterocycles. The Morgan fingerprint density at radius 1 is 1.18 bits per heavy atom. The van der Waals surface area contributed by atoms with E-state index in [-0.39, 0.29) is 12.1 Å². The second-order valence-corrected chi connectivity index (χ2v) is 5.66. The van der Waals surface area contributed by atoms with Gasteiger partial charge in [0.15, 0.2) is 0 Å². The van der Waals surface area contributed by atoms with Gasteiger partial charge >= 0.3 is 0 Å². The Labute approximate surface area is 116 Å². The second-order valence-electron chi connectivity index (χ2n) is 4.47. The number of aliphatic hydroxyl groups is 1. The Hall–Kier alpha value is 0.01000. The van der Waals surface area contributed by atoms with Gasteiger partial charge in [-0.2, -0.15) is 0 Å². The molecule has 1 aromatic carbocycles. The SMILES string of the molecule is OCC1(NCc2c(Cl)ccc(Cl)c2Cl)CCC1. The van der Waals surface area contributed by atoms with Crippen LogP contribution in [0.25, 0.3) is 0 Å². The second kappa shape index (κ2) is 5.33. The molecule has 1 aromatic rings. The van der Waals surface area contributed by atoms with E-state index in [1.54, 1.807) is 12.1 Å². The van der Waals surface area contributed by atoms with Gasteiger partial charge < -0.3 is 10.4 Å². The van der Waals surface area contributed by atoms with Crippen LogP contribution in [0.15, 0.2) is 12.1 Å². The number of rotatable bonds is 4. The molecule has 0 amide bonds. The predicted molar refractivity (Wildman–Crippen MR) is 72.0 cm³/mol. The quantitative estimate of drug-likeness (QED) is 0.831. The Balaban J connectivity index is 2.11. The van der Waals surface area contributed by atoms with Gasteiger partial charge in [-0.15, -0.1) is 0 Å². The summed E-state index contributed by atoms with van der Waals surface area (Å²) in [6.07, 6.45) is 3.11. The van der Waals surface area contributed by atoms with Crippen molar-refractivity contribution >= 4 is 34.8 Å². The number of halogens is 3. The lowest BCUT2D eigenvalue weighted by Crippen LogP contribution is -2.53. The minimum absolute atomic E-state index is 0.142. The van der Waals surface area contributed by atoms with Crippen molar-refractivity contribution in [2.24, 2.45) is 0 Å². The molecule has 0 spiro atoms. The lowest BCUT2D eigenvalue weighted by atomic mass is 9.77. The Morgan fingerprint density at radius 2 is 1.82 bits per heavy atom. The van der Waals surface area contributed by atoms with Crippen LogP contribution in [0.2, 0.25) is 15.1 Å². The first-order valence-electron chi connectivity index (χ1n) is 5.56. The Kier molecular flexibility index (Phi) is 4.22. The van der Waals surface area contributed by atoms with Gasteiger partial charge in [0.2, 0.25) is 0 Å². The summed E-state index contributed by atoms with van der Waals surface area (Å²) in [4.78, 5) is 0. The van der Waals surface area contributed by atoms with Crippen LogP contribution in [0.4, 0.5) is 0 Å². The van der Waals surface area contributed by atoms with Crippen molar-refractivity contribution in [1.29, 1.82) is 0 Å². The van der Waals surface area contributed by atoms with Gasteiger partial charge in [-0.1, -0.05) is 34.8 Å².